The van der Waals surface area contributed by atoms with Gasteiger partial charge in [0.25, 0.3) is 0 Å². The first-order chi connectivity index (χ1) is 22.0. The van der Waals surface area contributed by atoms with Crippen molar-refractivity contribution in [1.82, 2.24) is 23.8 Å². The fourth-order valence-electron chi connectivity index (χ4n) is 6.21. The number of ether oxygens (including phenoxy) is 3. The maximum absolute atomic E-state index is 11.9. The van der Waals surface area contributed by atoms with Gasteiger partial charge >= 0.3 is 0 Å². The maximum Gasteiger partial charge on any atom is 0.245 e. The van der Waals surface area contributed by atoms with E-state index in [0.29, 0.717) is 24.3 Å². The highest BCUT2D eigenvalue weighted by Gasteiger charge is 2.26. The molecule has 6 rings (SSSR count). The Morgan fingerprint density at radius 1 is 1.02 bits per heavy atom. The molecule has 2 aliphatic rings. The van der Waals surface area contributed by atoms with Crippen LogP contribution in [-0.2, 0) is 26.9 Å². The van der Waals surface area contributed by atoms with E-state index >= 15 is 0 Å². The lowest BCUT2D eigenvalue weighted by Crippen LogP contribution is -2.49. The lowest BCUT2D eigenvalue weighted by atomic mass is 10.0. The predicted molar refractivity (Wildman–Crippen MR) is 175 cm³/mol. The third kappa shape index (κ3) is 7.23. The number of hydrogen-bond donors (Lipinski definition) is 2. The second-order valence-corrected chi connectivity index (χ2v) is 12.3. The summed E-state index contributed by atoms with van der Waals surface area (Å²) in [4.78, 5) is 9.55. The van der Waals surface area contributed by atoms with E-state index in [1.165, 1.54) is 4.31 Å². The normalized spacial score (nSPS) is 16.6. The third-order valence-electron chi connectivity index (χ3n) is 8.65. The molecule has 45 heavy (non-hydrogen) atoms. The third-order valence-corrected chi connectivity index (χ3v) is 9.46. The van der Waals surface area contributed by atoms with Crippen LogP contribution < -0.4 is 15.0 Å². The zero-order valence-corrected chi connectivity index (χ0v) is 26.7. The highest BCUT2D eigenvalue weighted by molar-refractivity contribution is 7.69. The Kier molecular flexibility index (Phi) is 10.1. The van der Waals surface area contributed by atoms with E-state index in [0.717, 1.165) is 85.9 Å². The number of fused-ring (bicyclic) bond motifs is 1. The predicted octanol–water partition coefficient (Wildman–Crippen LogP) is 3.42. The van der Waals surface area contributed by atoms with Crippen molar-refractivity contribution in [1.29, 1.82) is 0 Å². The summed E-state index contributed by atoms with van der Waals surface area (Å²) < 4.78 is 43.5. The van der Waals surface area contributed by atoms with Crippen molar-refractivity contribution in [3.8, 4) is 17.0 Å². The second kappa shape index (κ2) is 14.6. The SMILES string of the molecule is COCCN(Cc1ccccc1-c1ccc2cnc(Nc3ccc(N4CCC(N5CCOCC5)CC4)cc3OC)nn12)[SH](=O)=O. The van der Waals surface area contributed by atoms with Gasteiger partial charge in [0.05, 0.1) is 50.0 Å². The molecule has 1 N–H and O–H groups in total. The molecule has 0 unspecified atom stereocenters. The number of nitrogens with one attached hydrogen (secondary N) is 1. The first kappa shape index (κ1) is 31.2. The Bertz CT molecular complexity index is 1660. The monoisotopic (exact) mass is 635 g/mol. The molecule has 12 nitrogen and oxygen atoms in total. The standard InChI is InChI=1S/C32H41N7O5S/c1-42-18-17-38(45(40)41)23-24-5-3-4-6-28(24)30-10-8-27-22-33-32(35-39(27)30)34-29-9-7-26(21-31(29)43-2)36-13-11-25(12-14-36)37-15-19-44-20-16-37/h3-10,21-22,25,45H,11-20,23H2,1-2H3,(H,34,35). The van der Waals surface area contributed by atoms with Gasteiger partial charge in [0.15, 0.2) is 0 Å². The minimum Gasteiger partial charge on any atom is -0.494 e. The summed E-state index contributed by atoms with van der Waals surface area (Å²) in [6.07, 6.45) is 4.04. The number of nitrogens with zero attached hydrogens (tertiary/aromatic N) is 6. The van der Waals surface area contributed by atoms with Crippen molar-refractivity contribution in [2.75, 3.05) is 77.0 Å². The number of benzene rings is 2. The van der Waals surface area contributed by atoms with Crippen LogP contribution in [0.4, 0.5) is 17.3 Å². The summed E-state index contributed by atoms with van der Waals surface area (Å²) in [6, 6.07) is 18.5. The van der Waals surface area contributed by atoms with Crippen LogP contribution in [0.15, 0.2) is 60.8 Å². The topological polar surface area (TPSA) is 114 Å². The van der Waals surface area contributed by atoms with Crippen molar-refractivity contribution in [2.45, 2.75) is 25.4 Å². The summed E-state index contributed by atoms with van der Waals surface area (Å²) in [7, 11) is 0.466. The fourth-order valence-corrected chi connectivity index (χ4v) is 6.73. The summed E-state index contributed by atoms with van der Waals surface area (Å²) in [5, 5.41) is 8.16. The van der Waals surface area contributed by atoms with E-state index in [4.69, 9.17) is 19.3 Å². The molecule has 2 fully saturated rings. The minimum absolute atomic E-state index is 0.232. The van der Waals surface area contributed by atoms with Crippen LogP contribution >= 0.6 is 0 Å². The number of methoxy groups -OCH3 is 2. The Morgan fingerprint density at radius 2 is 1.82 bits per heavy atom. The van der Waals surface area contributed by atoms with Gasteiger partial charge in [-0.15, -0.1) is 5.10 Å². The van der Waals surface area contributed by atoms with Gasteiger partial charge in [-0.05, 0) is 42.7 Å². The van der Waals surface area contributed by atoms with E-state index in [9.17, 15) is 8.42 Å². The molecule has 0 bridgehead atoms. The molecule has 13 heteroatoms. The number of aromatic nitrogens is 3. The average molecular weight is 636 g/mol. The molecule has 0 atom stereocenters. The van der Waals surface area contributed by atoms with Crippen LogP contribution in [0.5, 0.6) is 5.75 Å². The van der Waals surface area contributed by atoms with Crippen LogP contribution in [-0.4, -0.2) is 105 Å². The van der Waals surface area contributed by atoms with Crippen LogP contribution in [0.3, 0.4) is 0 Å². The average Bonchev–Trinajstić information content (AvgIpc) is 3.50. The Labute approximate surface area is 265 Å². The molecule has 2 aliphatic heterocycles. The molecule has 4 aromatic rings. The van der Waals surface area contributed by atoms with Crippen molar-refractivity contribution in [2.24, 2.45) is 0 Å². The maximum atomic E-state index is 11.9. The van der Waals surface area contributed by atoms with Crippen molar-refractivity contribution >= 4 is 33.7 Å². The molecular weight excluding hydrogens is 594 g/mol. The summed E-state index contributed by atoms with van der Waals surface area (Å²) in [5.41, 5.74) is 5.32. The van der Waals surface area contributed by atoms with Gasteiger partial charge in [-0.25, -0.2) is 17.9 Å². The quantitative estimate of drug-likeness (QED) is 0.225. The molecule has 2 aromatic heterocycles. The van der Waals surface area contributed by atoms with Crippen molar-refractivity contribution < 1.29 is 22.6 Å². The van der Waals surface area contributed by atoms with E-state index in [1.807, 2.05) is 47.0 Å². The number of morpholine rings is 1. The van der Waals surface area contributed by atoms with Gasteiger partial charge < -0.3 is 24.4 Å². The minimum atomic E-state index is -2.76. The summed E-state index contributed by atoms with van der Waals surface area (Å²) in [6.45, 7) is 6.57. The van der Waals surface area contributed by atoms with Gasteiger partial charge in [-0.2, -0.15) is 4.31 Å². The molecule has 2 saturated heterocycles. The zero-order valence-electron chi connectivity index (χ0n) is 25.8. The summed E-state index contributed by atoms with van der Waals surface area (Å²) in [5.74, 6) is 1.13. The molecule has 0 amide bonds. The summed E-state index contributed by atoms with van der Waals surface area (Å²) >= 11 is 0. The number of hydrogen-bond acceptors (Lipinski definition) is 10. The van der Waals surface area contributed by atoms with Crippen LogP contribution in [0.2, 0.25) is 0 Å². The largest absolute Gasteiger partial charge is 0.494 e. The molecule has 4 heterocycles. The molecule has 0 spiro atoms. The fraction of sp³-hybridized carbons (Fsp3) is 0.438. The Morgan fingerprint density at radius 3 is 2.58 bits per heavy atom. The van der Waals surface area contributed by atoms with E-state index in [-0.39, 0.29) is 13.1 Å². The molecular formula is C32H41N7O5S. The first-order valence-corrected chi connectivity index (χ1v) is 16.5. The zero-order chi connectivity index (χ0) is 31.2. The molecule has 0 radical (unpaired) electrons. The number of thiol groups is 1. The second-order valence-electron chi connectivity index (χ2n) is 11.3. The lowest BCUT2D eigenvalue weighted by Gasteiger charge is -2.40. The van der Waals surface area contributed by atoms with Gasteiger partial charge in [0.1, 0.15) is 5.75 Å². The van der Waals surface area contributed by atoms with Crippen LogP contribution in [0, 0.1) is 0 Å². The molecule has 0 aliphatic carbocycles. The van der Waals surface area contributed by atoms with Crippen LogP contribution in [0.25, 0.3) is 16.8 Å². The molecule has 240 valence electrons. The lowest BCUT2D eigenvalue weighted by molar-refractivity contribution is 0.0115. The van der Waals surface area contributed by atoms with E-state index in [2.05, 4.69) is 32.2 Å². The first-order valence-electron chi connectivity index (χ1n) is 15.4. The van der Waals surface area contributed by atoms with Gasteiger partial charge in [-0.3, -0.25) is 4.90 Å². The number of piperidine rings is 1. The number of rotatable bonds is 12. The van der Waals surface area contributed by atoms with Crippen molar-refractivity contribution in [3.63, 3.8) is 0 Å². The highest BCUT2D eigenvalue weighted by Crippen LogP contribution is 2.33. The Balaban J connectivity index is 1.19. The van der Waals surface area contributed by atoms with E-state index in [1.54, 1.807) is 20.4 Å². The Hall–Kier alpha value is -3.75. The van der Waals surface area contributed by atoms with Gasteiger partial charge in [-0.1, -0.05) is 24.3 Å². The van der Waals surface area contributed by atoms with Gasteiger partial charge in [0, 0.05) is 69.7 Å². The number of anilines is 3. The van der Waals surface area contributed by atoms with Crippen LogP contribution in [0.1, 0.15) is 18.4 Å². The molecule has 0 saturated carbocycles. The van der Waals surface area contributed by atoms with E-state index < -0.39 is 10.9 Å². The van der Waals surface area contributed by atoms with Gasteiger partial charge in [0.2, 0.25) is 16.8 Å². The molecule has 2 aromatic carbocycles. The smallest absolute Gasteiger partial charge is 0.245 e. The van der Waals surface area contributed by atoms with Crippen molar-refractivity contribution in [3.05, 3.63) is 66.4 Å². The highest BCUT2D eigenvalue weighted by atomic mass is 32.2.